The number of H-pyrrole nitrogens is 1. The second-order valence-corrected chi connectivity index (χ2v) is 21.7. The molecule has 1 aromatic heterocycles. The van der Waals surface area contributed by atoms with Gasteiger partial charge >= 0.3 is 12.1 Å². The fraction of sp³-hybridized carbons (Fsp3) is 0.518. The van der Waals surface area contributed by atoms with Crippen LogP contribution in [-0.2, 0) is 36.7 Å². The number of piperidine rings is 2. The number of ether oxygens (including phenoxy) is 2. The topological polar surface area (TPSA) is 167 Å². The summed E-state index contributed by atoms with van der Waals surface area (Å²) < 4.78 is 9.77. The molecule has 4 fully saturated rings. The highest BCUT2D eigenvalue weighted by molar-refractivity contribution is 6.03. The molecule has 1 saturated carbocycles. The molecule has 4 aromatic rings. The molecule has 1 spiro atoms. The molecule has 0 radical (unpaired) electrons. The van der Waals surface area contributed by atoms with E-state index in [1.54, 1.807) is 0 Å². The Labute approximate surface area is 410 Å². The number of nitrogens with zero attached hydrogens (tertiary/aromatic N) is 5. The van der Waals surface area contributed by atoms with Crippen molar-refractivity contribution < 1.29 is 28.7 Å². The van der Waals surface area contributed by atoms with E-state index in [1.807, 2.05) is 55.8 Å². The zero-order chi connectivity index (χ0) is 49.2. The van der Waals surface area contributed by atoms with Crippen LogP contribution in [0.3, 0.4) is 0 Å². The Hall–Kier alpha value is -6.15. The van der Waals surface area contributed by atoms with Gasteiger partial charge < -0.3 is 34.5 Å². The van der Waals surface area contributed by atoms with Gasteiger partial charge in [-0.3, -0.25) is 24.2 Å². The number of hydrogen-bond donors (Lipinski definition) is 2. The van der Waals surface area contributed by atoms with Crippen LogP contribution >= 0.6 is 0 Å². The monoisotopic (exact) mass is 950 g/mol. The van der Waals surface area contributed by atoms with Gasteiger partial charge in [0.25, 0.3) is 5.56 Å². The lowest BCUT2D eigenvalue weighted by atomic mass is 9.75. The Morgan fingerprint density at radius 3 is 2.19 bits per heavy atom. The second-order valence-electron chi connectivity index (χ2n) is 21.7. The van der Waals surface area contributed by atoms with Crippen molar-refractivity contribution in [3.63, 3.8) is 0 Å². The smallest absolute Gasteiger partial charge is 0.407 e. The minimum atomic E-state index is -0.761. The summed E-state index contributed by atoms with van der Waals surface area (Å²) in [5.74, 6) is -0.295. The third kappa shape index (κ3) is 8.85. The highest BCUT2D eigenvalue weighted by Gasteiger charge is 2.56. The molecule has 0 bridgehead atoms. The van der Waals surface area contributed by atoms with Crippen molar-refractivity contribution in [1.82, 2.24) is 30.0 Å². The first-order chi connectivity index (χ1) is 33.6. The lowest BCUT2D eigenvalue weighted by Gasteiger charge is -2.37. The third-order valence-corrected chi connectivity index (χ3v) is 16.7. The Bertz CT molecular complexity index is 2860. The number of rotatable bonds is 12. The van der Waals surface area contributed by atoms with E-state index in [1.165, 1.54) is 36.5 Å². The molecule has 2 unspecified atom stereocenters. The van der Waals surface area contributed by atoms with Crippen molar-refractivity contribution in [2.75, 3.05) is 40.9 Å². The molecule has 3 aromatic carbocycles. The first-order valence-corrected chi connectivity index (χ1v) is 25.4. The van der Waals surface area contributed by atoms with Gasteiger partial charge in [0, 0.05) is 30.9 Å². The SMILES string of the molecule is COC(=O)C[C@H](C(=O)N1CCC[C@H]1C1=NC=C(c2ccc(-c3ccc(-c4ccc5nc([C@@H]6CC7CC7N6C(=O)[C@@H](NC(=O)OC)C(C)C)[nH]c(=O)c5c4)c4c3CC3(CCN(C)CC3)C4)cc2)C1)C(C)C. The van der Waals surface area contributed by atoms with E-state index in [9.17, 15) is 24.0 Å². The fourth-order valence-electron chi connectivity index (χ4n) is 12.4. The Kier molecular flexibility index (Phi) is 12.8. The van der Waals surface area contributed by atoms with Crippen LogP contribution in [-0.4, -0.2) is 113 Å². The number of nitrogens with one attached hydrogen (secondary N) is 2. The average molecular weight is 950 g/mol. The molecule has 6 atom stereocenters. The number of methoxy groups -OCH3 is 2. The minimum absolute atomic E-state index is 0.0101. The van der Waals surface area contributed by atoms with Crippen LogP contribution in [0.4, 0.5) is 4.79 Å². The standard InChI is InChI=1S/C56H67N7O7/c1-31(2)40(27-49(64)69-6)53(66)62-20-8-9-46(62)45-24-37(30-57-45)33-10-12-34(13-11-33)38-15-16-39(43-29-56(28-42(38)43)18-21-61(5)22-19-56)35-14-17-44-41(23-35)52(65)60-51(58-44)48-26-36-25-47(36)63(48)54(67)50(32(3)4)59-55(68)70-7/h10-17,23,30-32,36,40,46-48,50H,8-9,18-22,24-29H2,1-7H3,(H,59,68)(H,58,60,65)/t36?,40-,46-,47?,48-,50-/m0/s1. The van der Waals surface area contributed by atoms with Gasteiger partial charge in [-0.25, -0.2) is 9.78 Å². The van der Waals surface area contributed by atoms with Crippen molar-refractivity contribution in [3.8, 4) is 22.3 Å². The van der Waals surface area contributed by atoms with Crippen LogP contribution in [0.5, 0.6) is 0 Å². The van der Waals surface area contributed by atoms with Crippen LogP contribution in [0.2, 0.25) is 0 Å². The highest BCUT2D eigenvalue weighted by Crippen LogP contribution is 2.54. The molecule has 6 aliphatic rings. The quantitative estimate of drug-likeness (QED) is 0.133. The van der Waals surface area contributed by atoms with Gasteiger partial charge in [0.2, 0.25) is 11.8 Å². The summed E-state index contributed by atoms with van der Waals surface area (Å²) in [6.07, 6.45) is 9.69. The summed E-state index contributed by atoms with van der Waals surface area (Å²) in [5.41, 5.74) is 11.0. The van der Waals surface area contributed by atoms with Crippen molar-refractivity contribution in [2.24, 2.45) is 34.1 Å². The molecular formula is C56H67N7O7. The maximum absolute atomic E-state index is 14.1. The molecular weight excluding hydrogens is 883 g/mol. The van der Waals surface area contributed by atoms with E-state index >= 15 is 0 Å². The fourth-order valence-corrected chi connectivity index (χ4v) is 12.4. The summed E-state index contributed by atoms with van der Waals surface area (Å²) in [5, 5.41) is 3.24. The molecule has 2 N–H and O–H groups in total. The number of alkyl carbamates (subject to hydrolysis) is 1. The second kappa shape index (κ2) is 18.9. The Morgan fingerprint density at radius 1 is 0.829 bits per heavy atom. The van der Waals surface area contributed by atoms with Crippen LogP contribution < -0.4 is 10.9 Å². The van der Waals surface area contributed by atoms with E-state index in [-0.39, 0.29) is 59.1 Å². The number of carbonyl (C=O) groups is 4. The number of carbonyl (C=O) groups excluding carboxylic acids is 4. The molecule has 14 nitrogen and oxygen atoms in total. The number of aromatic nitrogens is 2. The molecule has 4 aliphatic heterocycles. The van der Waals surface area contributed by atoms with Gasteiger partial charge in [-0.05, 0) is 151 Å². The van der Waals surface area contributed by atoms with Crippen LogP contribution in [0, 0.1) is 29.1 Å². The van der Waals surface area contributed by atoms with Crippen molar-refractivity contribution >= 4 is 46.1 Å². The molecule has 3 saturated heterocycles. The number of fused-ring (bicyclic) bond motifs is 3. The average Bonchev–Trinajstić information content (AvgIpc) is 3.83. The van der Waals surface area contributed by atoms with Gasteiger partial charge in [0.05, 0.1) is 49.5 Å². The van der Waals surface area contributed by atoms with Crippen LogP contribution in [0.1, 0.15) is 108 Å². The molecule has 2 aliphatic carbocycles. The van der Waals surface area contributed by atoms with Gasteiger partial charge in [-0.2, -0.15) is 0 Å². The third-order valence-electron chi connectivity index (χ3n) is 16.7. The zero-order valence-electron chi connectivity index (χ0n) is 41.7. The number of esters is 1. The normalized spacial score (nSPS) is 23.3. The number of allylic oxidation sites excluding steroid dienone is 1. The van der Waals surface area contributed by atoms with Crippen molar-refractivity contribution in [2.45, 2.75) is 116 Å². The lowest BCUT2D eigenvalue weighted by Crippen LogP contribution is -2.52. The zero-order valence-corrected chi connectivity index (χ0v) is 41.7. The van der Waals surface area contributed by atoms with Crippen LogP contribution in [0.15, 0.2) is 70.6 Å². The number of aromatic amines is 1. The van der Waals surface area contributed by atoms with Crippen molar-refractivity contribution in [3.05, 3.63) is 93.7 Å². The summed E-state index contributed by atoms with van der Waals surface area (Å²) in [6, 6.07) is 18.2. The number of likely N-dealkylation sites (tertiary alicyclic amines) is 3. The van der Waals surface area contributed by atoms with Crippen LogP contribution in [0.25, 0.3) is 38.7 Å². The first kappa shape index (κ1) is 47.5. The lowest BCUT2D eigenvalue weighted by molar-refractivity contribution is -0.148. The molecule has 3 amide bonds. The van der Waals surface area contributed by atoms with E-state index in [4.69, 9.17) is 19.5 Å². The van der Waals surface area contributed by atoms with Gasteiger partial charge in [0.1, 0.15) is 11.9 Å². The van der Waals surface area contributed by atoms with Gasteiger partial charge in [-0.1, -0.05) is 70.2 Å². The molecule has 5 heterocycles. The largest absolute Gasteiger partial charge is 0.469 e. The van der Waals surface area contributed by atoms with Gasteiger partial charge in [0.15, 0.2) is 0 Å². The number of aliphatic imine (C=N–C) groups is 1. The molecule has 14 heteroatoms. The molecule has 368 valence electrons. The van der Waals surface area contributed by atoms with E-state index < -0.39 is 24.1 Å². The molecule has 70 heavy (non-hydrogen) atoms. The summed E-state index contributed by atoms with van der Waals surface area (Å²) in [4.78, 5) is 85.7. The first-order valence-electron chi connectivity index (χ1n) is 25.4. The highest BCUT2D eigenvalue weighted by atomic mass is 16.5. The van der Waals surface area contributed by atoms with E-state index in [0.717, 1.165) is 86.0 Å². The number of hydrogen-bond acceptors (Lipinski definition) is 10. The summed E-state index contributed by atoms with van der Waals surface area (Å²) in [6.45, 7) is 10.6. The predicted molar refractivity (Wildman–Crippen MR) is 270 cm³/mol. The molecule has 10 rings (SSSR count). The van der Waals surface area contributed by atoms with E-state index in [0.29, 0.717) is 42.0 Å². The number of amides is 3. The van der Waals surface area contributed by atoms with E-state index in [2.05, 4.69) is 64.7 Å². The van der Waals surface area contributed by atoms with Gasteiger partial charge in [-0.15, -0.1) is 0 Å². The number of benzene rings is 3. The Balaban J connectivity index is 0.901. The summed E-state index contributed by atoms with van der Waals surface area (Å²) >= 11 is 0. The summed E-state index contributed by atoms with van der Waals surface area (Å²) in [7, 11) is 4.87. The minimum Gasteiger partial charge on any atom is -0.469 e. The van der Waals surface area contributed by atoms with Crippen molar-refractivity contribution in [1.29, 1.82) is 0 Å². The maximum atomic E-state index is 14.1. The predicted octanol–water partition coefficient (Wildman–Crippen LogP) is 8.12. The Morgan fingerprint density at radius 2 is 1.51 bits per heavy atom. The maximum Gasteiger partial charge on any atom is 0.407 e.